The third kappa shape index (κ3) is 5.87. The number of aromatic nitrogens is 3. The van der Waals surface area contributed by atoms with E-state index in [0.29, 0.717) is 33.7 Å². The number of amides is 1. The maximum absolute atomic E-state index is 12.7. The van der Waals surface area contributed by atoms with Gasteiger partial charge in [-0.3, -0.25) is 13.3 Å². The van der Waals surface area contributed by atoms with Crippen molar-refractivity contribution >= 4 is 52.0 Å². The third-order valence-corrected chi connectivity index (χ3v) is 6.59. The molecule has 0 bridgehead atoms. The fraction of sp³-hybridized carbons (Fsp3) is 0.304. The molecule has 0 aliphatic carbocycles. The van der Waals surface area contributed by atoms with Crippen molar-refractivity contribution in [1.82, 2.24) is 19.9 Å². The Kier molecular flexibility index (Phi) is 7.79. The summed E-state index contributed by atoms with van der Waals surface area (Å²) in [5, 5.41) is 6.60. The zero-order chi connectivity index (χ0) is 24.9. The van der Waals surface area contributed by atoms with Crippen LogP contribution in [0.4, 0.5) is 23.3 Å². The Morgan fingerprint density at radius 3 is 2.74 bits per heavy atom. The number of likely N-dealkylation sites (tertiary alicyclic amines) is 1. The van der Waals surface area contributed by atoms with E-state index in [0.717, 1.165) is 41.5 Å². The summed E-state index contributed by atoms with van der Waals surface area (Å²) in [6.45, 7) is 3.77. The molecular formula is C23H25ClN7O3S-. The van der Waals surface area contributed by atoms with Crippen LogP contribution in [0.5, 0.6) is 0 Å². The number of hydrogen-bond donors (Lipinski definition) is 2. The molecular weight excluding hydrogens is 490 g/mol. The van der Waals surface area contributed by atoms with E-state index >= 15 is 0 Å². The van der Waals surface area contributed by atoms with Crippen molar-refractivity contribution in [2.75, 3.05) is 35.1 Å². The van der Waals surface area contributed by atoms with E-state index in [1.807, 2.05) is 24.0 Å². The van der Waals surface area contributed by atoms with E-state index in [-0.39, 0.29) is 12.5 Å². The number of carbonyl (C=O) groups excluding carboxylic acids is 1. The van der Waals surface area contributed by atoms with Gasteiger partial charge in [0, 0.05) is 61.0 Å². The molecule has 1 aliphatic rings. The average Bonchev–Trinajstić information content (AvgIpc) is 3.40. The standard InChI is InChI=1S/C23H26ClN7O3S/c1-15-12-16(22(32)31-10-3-4-11-31)7-8-19(15)28-23-27-14-18(24)20(29-23)26-13-17-6-5-9-25-21(17)30(2)35(33)34/h5-9,12,14H,3-4,10-11,13H2,1-2H3,(H,33,34)(H2,26,27,28,29)/p-1. The summed E-state index contributed by atoms with van der Waals surface area (Å²) in [4.78, 5) is 27.4. The predicted octanol–water partition coefficient (Wildman–Crippen LogP) is 3.66. The quantitative estimate of drug-likeness (QED) is 0.436. The van der Waals surface area contributed by atoms with Crippen LogP contribution in [0.15, 0.2) is 42.7 Å². The highest BCUT2D eigenvalue weighted by Gasteiger charge is 2.20. The van der Waals surface area contributed by atoms with E-state index < -0.39 is 11.3 Å². The Bertz CT molecular complexity index is 1250. The lowest BCUT2D eigenvalue weighted by Gasteiger charge is -2.22. The Labute approximate surface area is 211 Å². The van der Waals surface area contributed by atoms with Crippen LogP contribution < -0.4 is 14.9 Å². The lowest BCUT2D eigenvalue weighted by molar-refractivity contribution is 0.0792. The largest absolute Gasteiger partial charge is 0.755 e. The lowest BCUT2D eigenvalue weighted by atomic mass is 10.1. The molecule has 10 nitrogen and oxygen atoms in total. The number of halogens is 1. The minimum atomic E-state index is -2.45. The van der Waals surface area contributed by atoms with Crippen molar-refractivity contribution in [1.29, 1.82) is 0 Å². The van der Waals surface area contributed by atoms with Gasteiger partial charge in [0.1, 0.15) is 10.8 Å². The minimum absolute atomic E-state index is 0.0487. The maximum atomic E-state index is 12.7. The number of nitrogens with one attached hydrogen (secondary N) is 2. The molecule has 1 atom stereocenters. The van der Waals surface area contributed by atoms with Gasteiger partial charge in [0.25, 0.3) is 5.91 Å². The molecule has 1 saturated heterocycles. The molecule has 3 aromatic rings. The molecule has 184 valence electrons. The summed E-state index contributed by atoms with van der Waals surface area (Å²) < 4.78 is 23.7. The number of nitrogens with zero attached hydrogens (tertiary/aromatic N) is 5. The van der Waals surface area contributed by atoms with Crippen LogP contribution in [0.2, 0.25) is 5.02 Å². The Morgan fingerprint density at radius 1 is 1.26 bits per heavy atom. The second-order valence-corrected chi connectivity index (χ2v) is 9.49. The number of hydrogen-bond acceptors (Lipinski definition) is 8. The topological polar surface area (TPSA) is 126 Å². The van der Waals surface area contributed by atoms with E-state index in [4.69, 9.17) is 11.6 Å². The van der Waals surface area contributed by atoms with Crippen molar-refractivity contribution in [2.24, 2.45) is 0 Å². The molecule has 1 aromatic carbocycles. The number of aryl methyl sites for hydroxylation is 1. The normalized spacial score (nSPS) is 14.0. The van der Waals surface area contributed by atoms with E-state index in [1.54, 1.807) is 18.2 Å². The second-order valence-electron chi connectivity index (χ2n) is 8.10. The summed E-state index contributed by atoms with van der Waals surface area (Å²) in [6.07, 6.45) is 5.09. The van der Waals surface area contributed by atoms with Gasteiger partial charge in [-0.2, -0.15) is 4.98 Å². The highest BCUT2D eigenvalue weighted by atomic mass is 35.5. The predicted molar refractivity (Wildman–Crippen MR) is 136 cm³/mol. The van der Waals surface area contributed by atoms with Gasteiger partial charge in [-0.15, -0.1) is 0 Å². The van der Waals surface area contributed by atoms with Crippen LogP contribution in [0.1, 0.15) is 34.3 Å². The number of carbonyl (C=O) groups is 1. The fourth-order valence-corrected chi connectivity index (χ4v) is 4.28. The van der Waals surface area contributed by atoms with E-state index in [2.05, 4.69) is 25.6 Å². The Hall–Kier alpha value is -3.28. The van der Waals surface area contributed by atoms with Gasteiger partial charge in [0.15, 0.2) is 5.82 Å². The average molecular weight is 515 g/mol. The summed E-state index contributed by atoms with van der Waals surface area (Å²) >= 11 is 3.83. The molecule has 4 rings (SSSR count). The maximum Gasteiger partial charge on any atom is 0.253 e. The smallest absolute Gasteiger partial charge is 0.253 e. The molecule has 3 heterocycles. The van der Waals surface area contributed by atoms with Gasteiger partial charge in [0.2, 0.25) is 5.95 Å². The van der Waals surface area contributed by atoms with Crippen LogP contribution in [-0.4, -0.2) is 54.7 Å². The van der Waals surface area contributed by atoms with E-state index in [9.17, 15) is 13.6 Å². The highest BCUT2D eigenvalue weighted by Crippen LogP contribution is 2.26. The van der Waals surface area contributed by atoms with Crippen molar-refractivity contribution < 1.29 is 13.6 Å². The number of rotatable bonds is 8. The van der Waals surface area contributed by atoms with Gasteiger partial charge in [0.05, 0.1) is 6.20 Å². The second kappa shape index (κ2) is 11.0. The Morgan fingerprint density at radius 2 is 2.03 bits per heavy atom. The van der Waals surface area contributed by atoms with Gasteiger partial charge in [-0.25, -0.2) is 9.97 Å². The summed E-state index contributed by atoms with van der Waals surface area (Å²) in [6, 6.07) is 8.98. The molecule has 12 heteroatoms. The molecule has 1 unspecified atom stereocenters. The van der Waals surface area contributed by atoms with E-state index in [1.165, 1.54) is 19.4 Å². The van der Waals surface area contributed by atoms with Crippen molar-refractivity contribution in [3.63, 3.8) is 0 Å². The molecule has 1 amide bonds. The first-order chi connectivity index (χ1) is 16.8. The first-order valence-electron chi connectivity index (χ1n) is 11.0. The van der Waals surface area contributed by atoms with Gasteiger partial charge >= 0.3 is 0 Å². The van der Waals surface area contributed by atoms with Gasteiger partial charge in [-0.1, -0.05) is 17.7 Å². The van der Waals surface area contributed by atoms with Crippen molar-refractivity contribution in [3.8, 4) is 0 Å². The van der Waals surface area contributed by atoms with Crippen LogP contribution in [0.3, 0.4) is 0 Å². The summed E-state index contributed by atoms with van der Waals surface area (Å²) in [5.41, 5.74) is 2.96. The highest BCUT2D eigenvalue weighted by molar-refractivity contribution is 7.80. The van der Waals surface area contributed by atoms with Crippen LogP contribution in [0, 0.1) is 6.92 Å². The molecule has 0 spiro atoms. The van der Waals surface area contributed by atoms with Crippen LogP contribution >= 0.6 is 11.6 Å². The third-order valence-electron chi connectivity index (χ3n) is 5.69. The first-order valence-corrected chi connectivity index (χ1v) is 12.4. The number of pyridine rings is 1. The number of anilines is 4. The van der Waals surface area contributed by atoms with Crippen LogP contribution in [0.25, 0.3) is 0 Å². The molecule has 2 aromatic heterocycles. The molecule has 0 radical (unpaired) electrons. The van der Waals surface area contributed by atoms with Gasteiger partial charge < -0.3 is 20.1 Å². The summed E-state index contributed by atoms with van der Waals surface area (Å²) in [7, 11) is 1.42. The molecule has 35 heavy (non-hydrogen) atoms. The molecule has 0 saturated carbocycles. The monoisotopic (exact) mass is 514 g/mol. The fourth-order valence-electron chi connectivity index (χ4n) is 3.81. The number of benzene rings is 1. The molecule has 2 N–H and O–H groups in total. The first kappa shape index (κ1) is 24.8. The Balaban J connectivity index is 1.48. The lowest BCUT2D eigenvalue weighted by Crippen LogP contribution is -2.27. The molecule has 1 fully saturated rings. The van der Waals surface area contributed by atoms with Crippen molar-refractivity contribution in [3.05, 3.63) is 64.4 Å². The minimum Gasteiger partial charge on any atom is -0.755 e. The SMILES string of the molecule is Cc1cc(C(=O)N2CCCC2)ccc1Nc1ncc(Cl)c(NCc2cccnc2N(C)S(=O)[O-])n1. The van der Waals surface area contributed by atoms with Gasteiger partial charge in [-0.05, 0) is 49.6 Å². The zero-order valence-corrected chi connectivity index (χ0v) is 20.9. The van der Waals surface area contributed by atoms with Crippen molar-refractivity contribution in [2.45, 2.75) is 26.3 Å². The molecule has 1 aliphatic heterocycles. The van der Waals surface area contributed by atoms with Crippen LogP contribution in [-0.2, 0) is 17.8 Å². The summed E-state index contributed by atoms with van der Waals surface area (Å²) in [5.74, 6) is 1.05. The zero-order valence-electron chi connectivity index (χ0n) is 19.3.